The van der Waals surface area contributed by atoms with E-state index < -0.39 is 0 Å². The number of aliphatic hydroxyl groups is 1. The predicted molar refractivity (Wildman–Crippen MR) is 61.4 cm³/mol. The van der Waals surface area contributed by atoms with Gasteiger partial charge in [0.1, 0.15) is 0 Å². The normalized spacial score (nSPS) is 18.2. The lowest BCUT2D eigenvalue weighted by molar-refractivity contribution is 0.196. The summed E-state index contributed by atoms with van der Waals surface area (Å²) in [6, 6.07) is 0.596. The first kappa shape index (κ1) is 13.3. The highest BCUT2D eigenvalue weighted by Gasteiger charge is 2.09. The molecule has 0 aliphatic heterocycles. The Morgan fingerprint density at radius 2 is 1.92 bits per heavy atom. The Morgan fingerprint density at radius 3 is 2.38 bits per heavy atom. The molecule has 0 amide bonds. The van der Waals surface area contributed by atoms with Gasteiger partial charge in [0, 0.05) is 11.3 Å². The number of aliphatic hydroxyl groups excluding tert-OH is 1. The van der Waals surface area contributed by atoms with Gasteiger partial charge in [-0.05, 0) is 32.6 Å². The second-order valence-electron chi connectivity index (χ2n) is 3.56. The fraction of sp³-hybridized carbons (Fsp3) is 1.00. The molecule has 0 saturated heterocycles. The fourth-order valence-electron chi connectivity index (χ4n) is 1.02. The summed E-state index contributed by atoms with van der Waals surface area (Å²) in [5, 5.41) is 13.0. The van der Waals surface area contributed by atoms with E-state index in [0.29, 0.717) is 11.3 Å². The molecule has 80 valence electrons. The third-order valence-electron chi connectivity index (χ3n) is 2.16. The Kier molecular flexibility index (Phi) is 7.81. The topological polar surface area (TPSA) is 32.3 Å². The third-order valence-corrected chi connectivity index (χ3v) is 3.55. The van der Waals surface area contributed by atoms with Crippen LogP contribution in [0, 0.1) is 0 Å². The zero-order chi connectivity index (χ0) is 10.3. The van der Waals surface area contributed by atoms with Crippen LogP contribution in [0.3, 0.4) is 0 Å². The monoisotopic (exact) mass is 205 g/mol. The van der Waals surface area contributed by atoms with Gasteiger partial charge in [0.15, 0.2) is 0 Å². The second-order valence-corrected chi connectivity index (χ2v) is 5.05. The summed E-state index contributed by atoms with van der Waals surface area (Å²) in [4.78, 5) is 0. The van der Waals surface area contributed by atoms with Crippen molar-refractivity contribution in [3.8, 4) is 0 Å². The molecule has 0 bridgehead atoms. The van der Waals surface area contributed by atoms with E-state index >= 15 is 0 Å². The van der Waals surface area contributed by atoms with Crippen molar-refractivity contribution < 1.29 is 5.11 Å². The maximum Gasteiger partial charge on any atom is 0.0627 e. The lowest BCUT2D eigenvalue weighted by Crippen LogP contribution is -2.26. The van der Waals surface area contributed by atoms with Crippen molar-refractivity contribution in [2.75, 3.05) is 12.3 Å². The molecular weight excluding hydrogens is 182 g/mol. The lowest BCUT2D eigenvalue weighted by atomic mass is 10.3. The van der Waals surface area contributed by atoms with Crippen molar-refractivity contribution in [1.29, 1.82) is 0 Å². The summed E-state index contributed by atoms with van der Waals surface area (Å²) in [6.45, 7) is 9.30. The first-order valence-electron chi connectivity index (χ1n) is 5.11. The van der Waals surface area contributed by atoms with Gasteiger partial charge >= 0.3 is 0 Å². The van der Waals surface area contributed by atoms with Gasteiger partial charge in [-0.1, -0.05) is 13.8 Å². The molecule has 0 aromatic rings. The average molecular weight is 205 g/mol. The summed E-state index contributed by atoms with van der Waals surface area (Å²) >= 11 is 1.85. The first-order chi connectivity index (χ1) is 6.07. The van der Waals surface area contributed by atoms with Gasteiger partial charge in [0.25, 0.3) is 0 Å². The van der Waals surface area contributed by atoms with Crippen molar-refractivity contribution in [1.82, 2.24) is 5.32 Å². The van der Waals surface area contributed by atoms with Crippen LogP contribution in [0.2, 0.25) is 0 Å². The zero-order valence-corrected chi connectivity index (χ0v) is 10.0. The lowest BCUT2D eigenvalue weighted by Gasteiger charge is -2.16. The molecule has 0 saturated carbocycles. The minimum atomic E-state index is -0.195. The summed E-state index contributed by atoms with van der Waals surface area (Å²) in [7, 11) is 0. The van der Waals surface area contributed by atoms with E-state index in [9.17, 15) is 5.11 Å². The van der Waals surface area contributed by atoms with E-state index in [-0.39, 0.29) is 6.10 Å². The van der Waals surface area contributed by atoms with Crippen molar-refractivity contribution >= 4 is 11.8 Å². The van der Waals surface area contributed by atoms with Crippen LogP contribution in [-0.2, 0) is 0 Å². The molecule has 0 heterocycles. The van der Waals surface area contributed by atoms with Gasteiger partial charge in [-0.25, -0.2) is 0 Å². The molecular formula is C10H23NOS. The smallest absolute Gasteiger partial charge is 0.0627 e. The van der Waals surface area contributed by atoms with E-state index in [0.717, 1.165) is 12.3 Å². The number of nitrogens with one attached hydrogen (secondary N) is 1. The van der Waals surface area contributed by atoms with Gasteiger partial charge in [-0.15, -0.1) is 0 Å². The average Bonchev–Trinajstić information content (AvgIpc) is 2.04. The molecule has 3 unspecified atom stereocenters. The molecule has 0 aliphatic rings. The molecule has 3 atom stereocenters. The van der Waals surface area contributed by atoms with Crippen LogP contribution in [0.4, 0.5) is 0 Å². The molecule has 0 spiro atoms. The molecule has 0 radical (unpaired) electrons. The van der Waals surface area contributed by atoms with Crippen LogP contribution in [0.25, 0.3) is 0 Å². The third kappa shape index (κ3) is 7.35. The van der Waals surface area contributed by atoms with E-state index in [1.54, 1.807) is 0 Å². The molecule has 2 nitrogen and oxygen atoms in total. The summed E-state index contributed by atoms with van der Waals surface area (Å²) in [6.07, 6.45) is 0.981. The molecule has 0 aromatic heterocycles. The Morgan fingerprint density at radius 1 is 1.31 bits per heavy atom. The first-order valence-corrected chi connectivity index (χ1v) is 6.15. The molecule has 0 aromatic carbocycles. The molecule has 3 heteroatoms. The Balaban J connectivity index is 3.33. The van der Waals surface area contributed by atoms with Crippen LogP contribution in [-0.4, -0.2) is 34.8 Å². The maximum atomic E-state index is 9.25. The van der Waals surface area contributed by atoms with Gasteiger partial charge in [0.2, 0.25) is 0 Å². The number of hydrogen-bond donors (Lipinski definition) is 2. The molecule has 13 heavy (non-hydrogen) atoms. The van der Waals surface area contributed by atoms with E-state index in [1.807, 2.05) is 18.7 Å². The van der Waals surface area contributed by atoms with Gasteiger partial charge < -0.3 is 10.4 Å². The van der Waals surface area contributed by atoms with Crippen molar-refractivity contribution in [2.24, 2.45) is 0 Å². The number of thioether (sulfide) groups is 1. The maximum absolute atomic E-state index is 9.25. The van der Waals surface area contributed by atoms with Crippen LogP contribution in [0.15, 0.2) is 0 Å². The molecule has 0 aliphatic carbocycles. The summed E-state index contributed by atoms with van der Waals surface area (Å²) < 4.78 is 0. The highest BCUT2D eigenvalue weighted by Crippen LogP contribution is 2.15. The van der Waals surface area contributed by atoms with E-state index in [4.69, 9.17) is 0 Å². The Hall–Kier alpha value is 0.270. The van der Waals surface area contributed by atoms with Gasteiger partial charge in [-0.3, -0.25) is 0 Å². The standard InChI is InChI=1S/C10H23NOS/c1-5-11-8(2)6-7-13-10(4)9(3)12/h8-12H,5-7H2,1-4H3. The predicted octanol–water partition coefficient (Wildman–Crippen LogP) is 1.88. The van der Waals surface area contributed by atoms with Crippen molar-refractivity contribution in [3.63, 3.8) is 0 Å². The van der Waals surface area contributed by atoms with Gasteiger partial charge in [-0.2, -0.15) is 11.8 Å². The van der Waals surface area contributed by atoms with Crippen LogP contribution >= 0.6 is 11.8 Å². The van der Waals surface area contributed by atoms with Crippen LogP contribution in [0.5, 0.6) is 0 Å². The highest BCUT2D eigenvalue weighted by molar-refractivity contribution is 7.99. The number of hydrogen-bond acceptors (Lipinski definition) is 3. The highest BCUT2D eigenvalue weighted by atomic mass is 32.2. The molecule has 0 rings (SSSR count). The van der Waals surface area contributed by atoms with Crippen molar-refractivity contribution in [2.45, 2.75) is 51.5 Å². The molecule has 0 fully saturated rings. The minimum absolute atomic E-state index is 0.195. The minimum Gasteiger partial charge on any atom is -0.392 e. The zero-order valence-electron chi connectivity index (χ0n) is 9.21. The largest absolute Gasteiger partial charge is 0.392 e. The SMILES string of the molecule is CCNC(C)CCSC(C)C(C)O. The Bertz CT molecular complexity index is 119. The Labute approximate surface area is 86.5 Å². The fourth-order valence-corrected chi connectivity index (χ4v) is 2.16. The quantitative estimate of drug-likeness (QED) is 0.665. The summed E-state index contributed by atoms with van der Waals surface area (Å²) in [5.74, 6) is 1.13. The van der Waals surface area contributed by atoms with Crippen molar-refractivity contribution in [3.05, 3.63) is 0 Å². The number of rotatable bonds is 7. The summed E-state index contributed by atoms with van der Waals surface area (Å²) in [5.41, 5.74) is 0. The van der Waals surface area contributed by atoms with E-state index in [2.05, 4.69) is 26.1 Å². The van der Waals surface area contributed by atoms with Crippen LogP contribution < -0.4 is 5.32 Å². The van der Waals surface area contributed by atoms with Crippen LogP contribution in [0.1, 0.15) is 34.1 Å². The van der Waals surface area contributed by atoms with Gasteiger partial charge in [0.05, 0.1) is 6.10 Å². The van der Waals surface area contributed by atoms with E-state index in [1.165, 1.54) is 6.42 Å². The molecule has 2 N–H and O–H groups in total. The second kappa shape index (κ2) is 7.65.